The molecule has 2 amide bonds. The minimum atomic E-state index is -4.69. The standard InChI is InChI=1S/C21H19F3N2O4/c1-26-17(14-5-3-4-6-15(14)21(22,23)24)16(18(27)20(26)29)19(28)25-11-12-7-9-13(30-2)10-8-12/h3-10,17,27H,11H2,1-2H3,(H,25,28). The number of rotatable bonds is 5. The molecule has 1 unspecified atom stereocenters. The van der Waals surface area contributed by atoms with Crippen molar-refractivity contribution in [3.63, 3.8) is 0 Å². The van der Waals surface area contributed by atoms with Gasteiger partial charge in [0.25, 0.3) is 11.8 Å². The smallest absolute Gasteiger partial charge is 0.416 e. The molecule has 1 heterocycles. The number of benzene rings is 2. The Kier molecular flexibility index (Phi) is 5.73. The van der Waals surface area contributed by atoms with E-state index in [1.165, 1.54) is 32.4 Å². The highest BCUT2D eigenvalue weighted by molar-refractivity contribution is 6.08. The fourth-order valence-corrected chi connectivity index (χ4v) is 3.33. The van der Waals surface area contributed by atoms with Gasteiger partial charge in [-0.3, -0.25) is 9.59 Å². The van der Waals surface area contributed by atoms with Crippen molar-refractivity contribution in [1.82, 2.24) is 10.2 Å². The number of alkyl halides is 3. The number of aliphatic hydroxyl groups is 1. The Morgan fingerprint density at radius 1 is 1.17 bits per heavy atom. The lowest BCUT2D eigenvalue weighted by molar-refractivity contribution is -0.139. The van der Waals surface area contributed by atoms with Crippen LogP contribution in [0.5, 0.6) is 5.75 Å². The predicted octanol–water partition coefficient (Wildman–Crippen LogP) is 3.36. The van der Waals surface area contributed by atoms with Gasteiger partial charge in [-0.15, -0.1) is 0 Å². The largest absolute Gasteiger partial charge is 0.503 e. The van der Waals surface area contributed by atoms with Gasteiger partial charge in [-0.2, -0.15) is 13.2 Å². The molecule has 0 radical (unpaired) electrons. The van der Waals surface area contributed by atoms with E-state index in [1.54, 1.807) is 24.3 Å². The molecule has 0 aromatic heterocycles. The second kappa shape index (κ2) is 8.10. The zero-order chi connectivity index (χ0) is 22.1. The number of halogens is 3. The molecule has 0 bridgehead atoms. The van der Waals surface area contributed by atoms with Crippen LogP contribution in [-0.2, 0) is 22.3 Å². The molecule has 0 aliphatic carbocycles. The van der Waals surface area contributed by atoms with Crippen molar-refractivity contribution in [3.05, 3.63) is 76.6 Å². The average molecular weight is 420 g/mol. The number of likely N-dealkylation sites (N-methyl/N-ethyl adjacent to an activating group) is 1. The first-order valence-corrected chi connectivity index (χ1v) is 8.92. The molecule has 6 nitrogen and oxygen atoms in total. The van der Waals surface area contributed by atoms with Crippen molar-refractivity contribution in [2.75, 3.05) is 14.2 Å². The van der Waals surface area contributed by atoms with Crippen LogP contribution in [0.1, 0.15) is 22.7 Å². The molecular weight excluding hydrogens is 401 g/mol. The van der Waals surface area contributed by atoms with Crippen LogP contribution in [0, 0.1) is 0 Å². The highest BCUT2D eigenvalue weighted by Gasteiger charge is 2.45. The van der Waals surface area contributed by atoms with Gasteiger partial charge in [-0.05, 0) is 29.3 Å². The van der Waals surface area contributed by atoms with Gasteiger partial charge < -0.3 is 20.1 Å². The molecule has 30 heavy (non-hydrogen) atoms. The minimum absolute atomic E-state index is 0.0468. The molecule has 0 saturated carbocycles. The van der Waals surface area contributed by atoms with Gasteiger partial charge in [-0.25, -0.2) is 0 Å². The van der Waals surface area contributed by atoms with Gasteiger partial charge >= 0.3 is 6.18 Å². The van der Waals surface area contributed by atoms with Crippen molar-refractivity contribution in [1.29, 1.82) is 0 Å². The second-order valence-corrected chi connectivity index (χ2v) is 6.70. The van der Waals surface area contributed by atoms with Crippen LogP contribution in [0.2, 0.25) is 0 Å². The fraction of sp³-hybridized carbons (Fsp3) is 0.238. The molecule has 2 aromatic carbocycles. The van der Waals surface area contributed by atoms with E-state index in [-0.39, 0.29) is 12.1 Å². The molecule has 0 spiro atoms. The summed E-state index contributed by atoms with van der Waals surface area (Å²) >= 11 is 0. The summed E-state index contributed by atoms with van der Waals surface area (Å²) in [6.45, 7) is 0.0468. The second-order valence-electron chi connectivity index (χ2n) is 6.70. The fourth-order valence-electron chi connectivity index (χ4n) is 3.33. The Morgan fingerprint density at radius 2 is 1.80 bits per heavy atom. The van der Waals surface area contributed by atoms with Gasteiger partial charge in [0.1, 0.15) is 5.75 Å². The maximum atomic E-state index is 13.5. The number of hydrogen-bond donors (Lipinski definition) is 2. The molecule has 2 aromatic rings. The highest BCUT2D eigenvalue weighted by atomic mass is 19.4. The number of ether oxygens (including phenoxy) is 1. The van der Waals surface area contributed by atoms with Crippen LogP contribution in [0.25, 0.3) is 0 Å². The van der Waals surface area contributed by atoms with Crippen molar-refractivity contribution in [3.8, 4) is 5.75 Å². The van der Waals surface area contributed by atoms with E-state index in [0.717, 1.165) is 11.0 Å². The zero-order valence-corrected chi connectivity index (χ0v) is 16.2. The highest BCUT2D eigenvalue weighted by Crippen LogP contribution is 2.42. The number of hydrogen-bond acceptors (Lipinski definition) is 4. The molecule has 9 heteroatoms. The maximum Gasteiger partial charge on any atom is 0.416 e. The number of methoxy groups -OCH3 is 1. The Labute approximate surface area is 170 Å². The summed E-state index contributed by atoms with van der Waals surface area (Å²) in [5.74, 6) is -2.00. The molecule has 1 aliphatic rings. The van der Waals surface area contributed by atoms with Gasteiger partial charge in [0, 0.05) is 13.6 Å². The van der Waals surface area contributed by atoms with E-state index < -0.39 is 40.9 Å². The number of amides is 2. The third-order valence-electron chi connectivity index (χ3n) is 4.86. The Bertz CT molecular complexity index is 1000. The summed E-state index contributed by atoms with van der Waals surface area (Å²) in [7, 11) is 2.75. The van der Waals surface area contributed by atoms with Crippen molar-refractivity contribution >= 4 is 11.8 Å². The first kappa shape index (κ1) is 21.2. The number of nitrogens with one attached hydrogen (secondary N) is 1. The summed E-state index contributed by atoms with van der Waals surface area (Å²) < 4.78 is 45.5. The molecule has 1 aliphatic heterocycles. The lowest BCUT2D eigenvalue weighted by Crippen LogP contribution is -2.32. The van der Waals surface area contributed by atoms with Gasteiger partial charge in [0.15, 0.2) is 5.76 Å². The lowest BCUT2D eigenvalue weighted by Gasteiger charge is -2.25. The van der Waals surface area contributed by atoms with Crippen LogP contribution in [0.3, 0.4) is 0 Å². The molecule has 0 saturated heterocycles. The summed E-state index contributed by atoms with van der Waals surface area (Å²) in [5, 5.41) is 12.8. The monoisotopic (exact) mass is 420 g/mol. The lowest BCUT2D eigenvalue weighted by atomic mass is 9.94. The molecule has 2 N–H and O–H groups in total. The molecule has 3 rings (SSSR count). The van der Waals surface area contributed by atoms with Crippen LogP contribution >= 0.6 is 0 Å². The number of carbonyl (C=O) groups is 2. The van der Waals surface area contributed by atoms with Crippen molar-refractivity contribution in [2.24, 2.45) is 0 Å². The summed E-state index contributed by atoms with van der Waals surface area (Å²) in [5.41, 5.74) is -0.994. The Balaban J connectivity index is 1.91. The summed E-state index contributed by atoms with van der Waals surface area (Å²) in [4.78, 5) is 25.9. The Morgan fingerprint density at radius 3 is 2.40 bits per heavy atom. The first-order chi connectivity index (χ1) is 14.1. The minimum Gasteiger partial charge on any atom is -0.503 e. The van der Waals surface area contributed by atoms with Crippen LogP contribution in [0.4, 0.5) is 13.2 Å². The first-order valence-electron chi connectivity index (χ1n) is 8.92. The van der Waals surface area contributed by atoms with E-state index in [4.69, 9.17) is 4.74 Å². The van der Waals surface area contributed by atoms with E-state index in [1.807, 2.05) is 0 Å². The summed E-state index contributed by atoms with van der Waals surface area (Å²) in [6.07, 6.45) is -4.69. The normalized spacial score (nSPS) is 16.8. The molecular formula is C21H19F3N2O4. The SMILES string of the molecule is COc1ccc(CNC(=O)C2=C(O)C(=O)N(C)C2c2ccccc2C(F)(F)F)cc1. The van der Waals surface area contributed by atoms with Crippen molar-refractivity contribution in [2.45, 2.75) is 18.8 Å². The van der Waals surface area contributed by atoms with E-state index in [2.05, 4.69) is 5.32 Å². The molecule has 1 atom stereocenters. The van der Waals surface area contributed by atoms with E-state index in [9.17, 15) is 27.9 Å². The Hall–Kier alpha value is -3.49. The maximum absolute atomic E-state index is 13.5. The van der Waals surface area contributed by atoms with Gasteiger partial charge in [0.2, 0.25) is 0 Å². The zero-order valence-electron chi connectivity index (χ0n) is 16.2. The molecule has 0 fully saturated rings. The topological polar surface area (TPSA) is 78.9 Å². The van der Waals surface area contributed by atoms with E-state index >= 15 is 0 Å². The van der Waals surface area contributed by atoms with Crippen molar-refractivity contribution < 1.29 is 32.6 Å². The van der Waals surface area contributed by atoms with E-state index in [0.29, 0.717) is 11.3 Å². The third-order valence-corrected chi connectivity index (χ3v) is 4.86. The van der Waals surface area contributed by atoms with Crippen LogP contribution in [0.15, 0.2) is 59.9 Å². The third kappa shape index (κ3) is 3.96. The molecule has 158 valence electrons. The van der Waals surface area contributed by atoms with Crippen LogP contribution < -0.4 is 10.1 Å². The number of aliphatic hydroxyl groups excluding tert-OH is 1. The number of carbonyl (C=O) groups excluding carboxylic acids is 2. The van der Waals surface area contributed by atoms with Gasteiger partial charge in [0.05, 0.1) is 24.3 Å². The number of nitrogens with zero attached hydrogens (tertiary/aromatic N) is 1. The average Bonchev–Trinajstić information content (AvgIpc) is 2.95. The summed E-state index contributed by atoms with van der Waals surface area (Å²) in [6, 6.07) is 10.1. The quantitative estimate of drug-likeness (QED) is 0.778. The van der Waals surface area contributed by atoms with Crippen LogP contribution in [-0.4, -0.2) is 36.0 Å². The predicted molar refractivity (Wildman–Crippen MR) is 101 cm³/mol. The van der Waals surface area contributed by atoms with Gasteiger partial charge in [-0.1, -0.05) is 30.3 Å².